The number of piperazine rings is 1. The molecular weight excluding hydrogens is 466 g/mol. The van der Waals surface area contributed by atoms with Gasteiger partial charge in [0.2, 0.25) is 5.91 Å². The van der Waals surface area contributed by atoms with Crippen molar-refractivity contribution in [2.45, 2.75) is 50.1 Å². The molecule has 6 heteroatoms. The number of hydrogen-bond donors (Lipinski definition) is 1. The SMILES string of the molecule is C[C@]12C(=O)N(C3CCCC3)CC(=O)N1C[C@@H](c1ccc(Br)cc1)c1c2[nH]c2ccccc12. The molecule has 2 aromatic carbocycles. The van der Waals surface area contributed by atoms with Crippen molar-refractivity contribution in [3.8, 4) is 0 Å². The van der Waals surface area contributed by atoms with E-state index >= 15 is 0 Å². The van der Waals surface area contributed by atoms with E-state index in [-0.39, 0.29) is 30.3 Å². The average molecular weight is 492 g/mol. The van der Waals surface area contributed by atoms with Crippen molar-refractivity contribution in [2.75, 3.05) is 13.1 Å². The van der Waals surface area contributed by atoms with Gasteiger partial charge in [-0.25, -0.2) is 0 Å². The van der Waals surface area contributed by atoms with Gasteiger partial charge in [0.25, 0.3) is 5.91 Å². The molecule has 0 bridgehead atoms. The van der Waals surface area contributed by atoms with Gasteiger partial charge in [0, 0.05) is 33.9 Å². The van der Waals surface area contributed by atoms with Gasteiger partial charge in [0.05, 0.1) is 5.69 Å². The van der Waals surface area contributed by atoms with Gasteiger partial charge in [0.15, 0.2) is 5.54 Å². The zero-order valence-corrected chi connectivity index (χ0v) is 19.7. The van der Waals surface area contributed by atoms with Gasteiger partial charge in [0.1, 0.15) is 6.54 Å². The molecule has 3 aliphatic rings. The average Bonchev–Trinajstić information content (AvgIpc) is 3.46. The molecule has 32 heavy (non-hydrogen) atoms. The predicted octanol–water partition coefficient (Wildman–Crippen LogP) is 4.90. The topological polar surface area (TPSA) is 56.4 Å². The summed E-state index contributed by atoms with van der Waals surface area (Å²) >= 11 is 3.53. The van der Waals surface area contributed by atoms with Crippen LogP contribution in [0.5, 0.6) is 0 Å². The van der Waals surface area contributed by atoms with Crippen LogP contribution in [0.3, 0.4) is 0 Å². The lowest BCUT2D eigenvalue weighted by Crippen LogP contribution is -2.68. The maximum atomic E-state index is 14.0. The van der Waals surface area contributed by atoms with Crippen LogP contribution < -0.4 is 0 Å². The van der Waals surface area contributed by atoms with E-state index in [0.29, 0.717) is 6.54 Å². The largest absolute Gasteiger partial charge is 0.356 e. The summed E-state index contributed by atoms with van der Waals surface area (Å²) in [7, 11) is 0. The Morgan fingerprint density at radius 2 is 1.75 bits per heavy atom. The smallest absolute Gasteiger partial charge is 0.255 e. The lowest BCUT2D eigenvalue weighted by atomic mass is 9.76. The van der Waals surface area contributed by atoms with E-state index in [1.54, 1.807) is 0 Å². The second-order valence-electron chi connectivity index (χ2n) is 9.51. The number of amides is 2. The Morgan fingerprint density at radius 1 is 1.03 bits per heavy atom. The van der Waals surface area contributed by atoms with E-state index in [1.807, 2.05) is 41.0 Å². The van der Waals surface area contributed by atoms with E-state index in [1.165, 1.54) is 0 Å². The quantitative estimate of drug-likeness (QED) is 0.553. The third-order valence-electron chi connectivity index (χ3n) is 7.81. The molecule has 3 aromatic rings. The molecule has 1 aliphatic carbocycles. The minimum atomic E-state index is -1.00. The molecule has 1 aromatic heterocycles. The highest BCUT2D eigenvalue weighted by Crippen LogP contribution is 2.48. The molecule has 1 saturated carbocycles. The number of benzene rings is 2. The van der Waals surface area contributed by atoms with Crippen molar-refractivity contribution in [1.82, 2.24) is 14.8 Å². The number of aromatic amines is 1. The van der Waals surface area contributed by atoms with Crippen LogP contribution in [0.25, 0.3) is 10.9 Å². The number of hydrogen-bond acceptors (Lipinski definition) is 2. The summed E-state index contributed by atoms with van der Waals surface area (Å²) in [6, 6.07) is 16.7. The van der Waals surface area contributed by atoms with Gasteiger partial charge in [-0.2, -0.15) is 0 Å². The number of halogens is 1. The van der Waals surface area contributed by atoms with E-state index in [0.717, 1.165) is 57.9 Å². The summed E-state index contributed by atoms with van der Waals surface area (Å²) < 4.78 is 1.03. The molecule has 2 fully saturated rings. The molecule has 0 radical (unpaired) electrons. The molecule has 0 spiro atoms. The van der Waals surface area contributed by atoms with E-state index in [9.17, 15) is 9.59 Å². The maximum Gasteiger partial charge on any atom is 0.255 e. The summed E-state index contributed by atoms with van der Waals surface area (Å²) in [6.07, 6.45) is 4.26. The molecule has 1 saturated heterocycles. The van der Waals surface area contributed by atoms with Crippen LogP contribution in [-0.4, -0.2) is 45.7 Å². The number of nitrogens with one attached hydrogen (secondary N) is 1. The Balaban J connectivity index is 1.56. The van der Waals surface area contributed by atoms with Gasteiger partial charge in [-0.3, -0.25) is 9.59 Å². The Morgan fingerprint density at radius 3 is 2.50 bits per heavy atom. The van der Waals surface area contributed by atoms with Crippen molar-refractivity contribution in [3.05, 3.63) is 69.8 Å². The summed E-state index contributed by atoms with van der Waals surface area (Å²) in [5, 5.41) is 1.13. The van der Waals surface area contributed by atoms with E-state index in [2.05, 4.69) is 45.2 Å². The number of nitrogens with zero attached hydrogens (tertiary/aromatic N) is 2. The fraction of sp³-hybridized carbons (Fsp3) is 0.385. The zero-order valence-electron chi connectivity index (χ0n) is 18.1. The number of aromatic nitrogens is 1. The van der Waals surface area contributed by atoms with Crippen LogP contribution in [0.1, 0.15) is 55.3 Å². The van der Waals surface area contributed by atoms with Crippen LogP contribution in [-0.2, 0) is 15.1 Å². The van der Waals surface area contributed by atoms with Gasteiger partial charge < -0.3 is 14.8 Å². The molecule has 3 heterocycles. The molecule has 2 amide bonds. The summed E-state index contributed by atoms with van der Waals surface area (Å²) in [6.45, 7) is 2.65. The summed E-state index contributed by atoms with van der Waals surface area (Å²) in [5.41, 5.74) is 3.19. The second-order valence-corrected chi connectivity index (χ2v) is 10.4. The molecule has 5 nitrogen and oxygen atoms in total. The minimum absolute atomic E-state index is 0.0112. The number of H-pyrrole nitrogens is 1. The van der Waals surface area contributed by atoms with Crippen molar-refractivity contribution < 1.29 is 9.59 Å². The molecule has 0 unspecified atom stereocenters. The molecular formula is C26H26BrN3O2. The number of rotatable bonds is 2. The summed E-state index contributed by atoms with van der Waals surface area (Å²) in [4.78, 5) is 34.9. The van der Waals surface area contributed by atoms with Crippen LogP contribution in [0.4, 0.5) is 0 Å². The number of para-hydroxylation sites is 1. The monoisotopic (exact) mass is 491 g/mol. The first kappa shape index (κ1) is 20.0. The Bertz CT molecular complexity index is 1230. The third-order valence-corrected chi connectivity index (χ3v) is 8.34. The Labute approximate surface area is 195 Å². The maximum absolute atomic E-state index is 14.0. The molecule has 164 valence electrons. The van der Waals surface area contributed by atoms with Crippen molar-refractivity contribution >= 4 is 38.6 Å². The first-order chi connectivity index (χ1) is 15.5. The normalized spacial score (nSPS) is 26.0. The second kappa shape index (κ2) is 7.20. The van der Waals surface area contributed by atoms with Crippen LogP contribution in [0, 0.1) is 0 Å². The van der Waals surface area contributed by atoms with Gasteiger partial charge in [-0.1, -0.05) is 59.1 Å². The molecule has 2 aliphatic heterocycles. The minimum Gasteiger partial charge on any atom is -0.356 e. The van der Waals surface area contributed by atoms with E-state index in [4.69, 9.17) is 0 Å². The van der Waals surface area contributed by atoms with Gasteiger partial charge >= 0.3 is 0 Å². The Kier molecular flexibility index (Phi) is 4.51. The lowest BCUT2D eigenvalue weighted by Gasteiger charge is -2.52. The van der Waals surface area contributed by atoms with Crippen molar-refractivity contribution in [2.24, 2.45) is 0 Å². The highest BCUT2D eigenvalue weighted by molar-refractivity contribution is 9.10. The highest BCUT2D eigenvalue weighted by Gasteiger charge is 2.57. The summed E-state index contributed by atoms with van der Waals surface area (Å²) in [5.74, 6) is 0.119. The highest BCUT2D eigenvalue weighted by atomic mass is 79.9. The van der Waals surface area contributed by atoms with Gasteiger partial charge in [-0.05, 0) is 49.1 Å². The van der Waals surface area contributed by atoms with Crippen molar-refractivity contribution in [1.29, 1.82) is 0 Å². The fourth-order valence-corrected chi connectivity index (χ4v) is 6.40. The van der Waals surface area contributed by atoms with Gasteiger partial charge in [-0.15, -0.1) is 0 Å². The number of carbonyl (C=O) groups excluding carboxylic acids is 2. The number of fused-ring (bicyclic) bond motifs is 5. The van der Waals surface area contributed by atoms with Crippen LogP contribution >= 0.6 is 15.9 Å². The van der Waals surface area contributed by atoms with E-state index < -0.39 is 5.54 Å². The standard InChI is InChI=1S/C26H26BrN3O2/c1-26-24-23(19-8-4-5-9-21(19)28-24)20(16-10-12-17(27)13-11-16)14-30(26)22(31)15-29(25(26)32)18-6-2-3-7-18/h4-5,8-13,18,20,28H,2-3,6-7,14-15H2,1H3/t20-,26-/m0/s1. The number of carbonyl (C=O) groups is 2. The predicted molar refractivity (Wildman–Crippen MR) is 127 cm³/mol. The van der Waals surface area contributed by atoms with Crippen LogP contribution in [0.15, 0.2) is 53.0 Å². The lowest BCUT2D eigenvalue weighted by molar-refractivity contribution is -0.168. The Hall–Kier alpha value is -2.60. The van der Waals surface area contributed by atoms with Crippen molar-refractivity contribution in [3.63, 3.8) is 0 Å². The third kappa shape index (κ3) is 2.75. The first-order valence-corrected chi connectivity index (χ1v) is 12.3. The van der Waals surface area contributed by atoms with Crippen LogP contribution in [0.2, 0.25) is 0 Å². The molecule has 1 N–H and O–H groups in total. The zero-order chi connectivity index (χ0) is 22.0. The molecule has 6 rings (SSSR count). The fourth-order valence-electron chi connectivity index (χ4n) is 6.14. The first-order valence-electron chi connectivity index (χ1n) is 11.5. The molecule has 2 atom stereocenters.